The molecule has 5 nitrogen and oxygen atoms in total. The van der Waals surface area contributed by atoms with E-state index >= 15 is 0 Å². The van der Waals surface area contributed by atoms with Gasteiger partial charge >= 0.3 is 0 Å². The van der Waals surface area contributed by atoms with Crippen LogP contribution in [0.25, 0.3) is 0 Å². The van der Waals surface area contributed by atoms with Crippen molar-refractivity contribution in [1.82, 2.24) is 0 Å². The molecule has 0 aliphatic carbocycles. The molecule has 0 aliphatic rings. The van der Waals surface area contributed by atoms with Gasteiger partial charge in [0.2, 0.25) is 10.0 Å². The van der Waals surface area contributed by atoms with E-state index in [1.165, 1.54) is 6.07 Å². The fourth-order valence-electron chi connectivity index (χ4n) is 1.51. The number of nitrogens with zero attached hydrogens (tertiary/aromatic N) is 1. The third-order valence-corrected chi connectivity index (χ3v) is 3.82. The minimum Gasteiger partial charge on any atom is -0.494 e. The van der Waals surface area contributed by atoms with Crippen molar-refractivity contribution in [2.45, 2.75) is 32.1 Å². The second kappa shape index (κ2) is 5.59. The highest BCUT2D eigenvalue weighted by atomic mass is 32.2. The first-order chi connectivity index (χ1) is 8.65. The number of hydrogen-bond acceptors (Lipinski definition) is 4. The van der Waals surface area contributed by atoms with Gasteiger partial charge in [0, 0.05) is 0 Å². The van der Waals surface area contributed by atoms with E-state index in [0.717, 1.165) is 0 Å². The lowest BCUT2D eigenvalue weighted by Gasteiger charge is -2.15. The first-order valence-corrected chi connectivity index (χ1v) is 7.38. The zero-order valence-corrected chi connectivity index (χ0v) is 12.1. The summed E-state index contributed by atoms with van der Waals surface area (Å²) >= 11 is 0. The van der Waals surface area contributed by atoms with Crippen LogP contribution in [0.5, 0.6) is 5.75 Å². The van der Waals surface area contributed by atoms with E-state index in [1.54, 1.807) is 19.1 Å². The molecule has 0 aliphatic heterocycles. The lowest BCUT2D eigenvalue weighted by Crippen LogP contribution is -2.14. The van der Waals surface area contributed by atoms with Crippen molar-refractivity contribution in [2.75, 3.05) is 6.61 Å². The van der Waals surface area contributed by atoms with E-state index in [4.69, 9.17) is 15.1 Å². The maximum Gasteiger partial charge on any atom is 0.238 e. The van der Waals surface area contributed by atoms with Crippen LogP contribution in [0.15, 0.2) is 23.1 Å². The lowest BCUT2D eigenvalue weighted by molar-refractivity contribution is 0.264. The Morgan fingerprint density at radius 2 is 2.05 bits per heavy atom. The molecule has 6 heteroatoms. The Morgan fingerprint density at radius 1 is 1.42 bits per heavy atom. The quantitative estimate of drug-likeness (QED) is 0.893. The van der Waals surface area contributed by atoms with Crippen molar-refractivity contribution in [2.24, 2.45) is 10.6 Å². The molecule has 19 heavy (non-hydrogen) atoms. The number of rotatable bonds is 5. The molecule has 0 saturated carbocycles. The summed E-state index contributed by atoms with van der Waals surface area (Å²) in [5, 5.41) is 14.0. The van der Waals surface area contributed by atoms with Crippen LogP contribution in [-0.2, 0) is 10.0 Å². The van der Waals surface area contributed by atoms with Crippen LogP contribution < -0.4 is 9.88 Å². The van der Waals surface area contributed by atoms with Crippen molar-refractivity contribution in [3.63, 3.8) is 0 Å². The van der Waals surface area contributed by atoms with E-state index in [2.05, 4.69) is 6.07 Å². The number of aryl methyl sites for hydroxylation is 1. The van der Waals surface area contributed by atoms with E-state index in [1.807, 2.05) is 13.8 Å². The van der Waals surface area contributed by atoms with Crippen LogP contribution in [0.2, 0.25) is 0 Å². The summed E-state index contributed by atoms with van der Waals surface area (Å²) in [6.45, 7) is 5.73. The number of ether oxygens (including phenoxy) is 1. The minimum absolute atomic E-state index is 0.0946. The first-order valence-electron chi connectivity index (χ1n) is 5.83. The molecule has 1 aromatic rings. The Kier molecular flexibility index (Phi) is 4.56. The molecule has 0 unspecified atom stereocenters. The van der Waals surface area contributed by atoms with Gasteiger partial charge < -0.3 is 4.74 Å². The molecule has 0 heterocycles. The minimum atomic E-state index is -3.70. The molecule has 0 aromatic heterocycles. The monoisotopic (exact) mass is 282 g/mol. The SMILES string of the molecule is Cc1cc(OCCC(C)(C)C#N)ccc1S(N)(=O)=O. The molecule has 104 valence electrons. The number of nitriles is 1. The molecule has 2 N–H and O–H groups in total. The third-order valence-electron chi connectivity index (χ3n) is 2.75. The van der Waals surface area contributed by atoms with Gasteiger partial charge in [-0.15, -0.1) is 0 Å². The summed E-state index contributed by atoms with van der Waals surface area (Å²) < 4.78 is 28.0. The Balaban J connectivity index is 2.74. The lowest BCUT2D eigenvalue weighted by atomic mass is 9.92. The van der Waals surface area contributed by atoms with Gasteiger partial charge in [-0.2, -0.15) is 5.26 Å². The smallest absolute Gasteiger partial charge is 0.238 e. The van der Waals surface area contributed by atoms with Crippen LogP contribution in [0.4, 0.5) is 0 Å². The van der Waals surface area contributed by atoms with Crippen LogP contribution in [-0.4, -0.2) is 15.0 Å². The number of benzene rings is 1. The zero-order valence-electron chi connectivity index (χ0n) is 11.3. The molecule has 0 fully saturated rings. The van der Waals surface area contributed by atoms with Crippen LogP contribution in [0, 0.1) is 23.7 Å². The standard InChI is InChI=1S/C13H18N2O3S/c1-10-8-11(4-5-12(10)19(15,16)17)18-7-6-13(2,3)9-14/h4-5,8H,6-7H2,1-3H3,(H2,15,16,17). The van der Waals surface area contributed by atoms with Gasteiger partial charge in [-0.05, 0) is 51.0 Å². The summed E-state index contributed by atoms with van der Waals surface area (Å²) in [5.41, 5.74) is 0.106. The zero-order chi connectivity index (χ0) is 14.7. The largest absolute Gasteiger partial charge is 0.494 e. The summed E-state index contributed by atoms with van der Waals surface area (Å²) in [5.74, 6) is 0.568. The maximum absolute atomic E-state index is 11.3. The Bertz CT molecular complexity index is 601. The molecule has 0 radical (unpaired) electrons. The van der Waals surface area contributed by atoms with Crippen molar-refractivity contribution in [1.29, 1.82) is 5.26 Å². The highest BCUT2D eigenvalue weighted by molar-refractivity contribution is 7.89. The van der Waals surface area contributed by atoms with Gasteiger partial charge in [0.15, 0.2) is 0 Å². The average molecular weight is 282 g/mol. The van der Waals surface area contributed by atoms with E-state index in [9.17, 15) is 8.42 Å². The van der Waals surface area contributed by atoms with Crippen LogP contribution >= 0.6 is 0 Å². The van der Waals surface area contributed by atoms with Gasteiger partial charge in [0.1, 0.15) is 5.75 Å². The number of hydrogen-bond donors (Lipinski definition) is 1. The fourth-order valence-corrected chi connectivity index (χ4v) is 2.28. The van der Waals surface area contributed by atoms with Gasteiger partial charge in [-0.1, -0.05) is 0 Å². The topological polar surface area (TPSA) is 93.2 Å². The summed E-state index contributed by atoms with van der Waals surface area (Å²) in [6, 6.07) is 6.80. The highest BCUT2D eigenvalue weighted by Gasteiger charge is 2.17. The summed E-state index contributed by atoms with van der Waals surface area (Å²) in [6.07, 6.45) is 0.597. The van der Waals surface area contributed by atoms with E-state index in [-0.39, 0.29) is 4.90 Å². The van der Waals surface area contributed by atoms with Gasteiger partial charge in [0.05, 0.1) is 23.0 Å². The Hall–Kier alpha value is -1.58. The summed E-state index contributed by atoms with van der Waals surface area (Å²) in [7, 11) is -3.70. The average Bonchev–Trinajstić information content (AvgIpc) is 2.27. The van der Waals surface area contributed by atoms with Crippen LogP contribution in [0.1, 0.15) is 25.8 Å². The van der Waals surface area contributed by atoms with Gasteiger partial charge in [0.25, 0.3) is 0 Å². The number of sulfonamides is 1. The molecular formula is C13H18N2O3S. The highest BCUT2D eigenvalue weighted by Crippen LogP contribution is 2.22. The molecule has 0 bridgehead atoms. The third kappa shape index (κ3) is 4.54. The predicted molar refractivity (Wildman–Crippen MR) is 72.1 cm³/mol. The first kappa shape index (κ1) is 15.5. The molecule has 0 spiro atoms. The Labute approximate surface area is 114 Å². The second-order valence-electron chi connectivity index (χ2n) is 5.07. The fraction of sp³-hybridized carbons (Fsp3) is 0.462. The normalized spacial score (nSPS) is 11.9. The van der Waals surface area contributed by atoms with Crippen LogP contribution in [0.3, 0.4) is 0 Å². The molecule has 0 saturated heterocycles. The van der Waals surface area contributed by atoms with Crippen molar-refractivity contribution < 1.29 is 13.2 Å². The molecule has 1 rings (SSSR count). The van der Waals surface area contributed by atoms with Crippen molar-refractivity contribution in [3.8, 4) is 11.8 Å². The summed E-state index contributed by atoms with van der Waals surface area (Å²) in [4.78, 5) is 0.0946. The van der Waals surface area contributed by atoms with E-state index < -0.39 is 15.4 Å². The molecule has 0 atom stereocenters. The second-order valence-corrected chi connectivity index (χ2v) is 6.60. The van der Waals surface area contributed by atoms with Crippen molar-refractivity contribution in [3.05, 3.63) is 23.8 Å². The predicted octanol–water partition coefficient (Wildman–Crippen LogP) is 1.96. The Morgan fingerprint density at radius 3 is 2.53 bits per heavy atom. The molecule has 0 amide bonds. The number of primary sulfonamides is 1. The number of nitrogens with two attached hydrogens (primary N) is 1. The molecule has 1 aromatic carbocycles. The van der Waals surface area contributed by atoms with Gasteiger partial charge in [-0.25, -0.2) is 13.6 Å². The van der Waals surface area contributed by atoms with Gasteiger partial charge in [-0.3, -0.25) is 0 Å². The molecular weight excluding hydrogens is 264 g/mol. The van der Waals surface area contributed by atoms with E-state index in [0.29, 0.717) is 24.3 Å². The maximum atomic E-state index is 11.3. The van der Waals surface area contributed by atoms with Crippen molar-refractivity contribution >= 4 is 10.0 Å².